The molecule has 4 nitrogen and oxygen atoms in total. The second kappa shape index (κ2) is 6.75. The number of anilines is 1. The number of hydrogen-bond donors (Lipinski definition) is 0. The van der Waals surface area contributed by atoms with Gasteiger partial charge in [0.05, 0.1) is 4.90 Å². The van der Waals surface area contributed by atoms with E-state index in [1.807, 2.05) is 0 Å². The van der Waals surface area contributed by atoms with E-state index in [0.29, 0.717) is 36.1 Å². The van der Waals surface area contributed by atoms with E-state index in [0.717, 1.165) is 0 Å². The third-order valence-electron chi connectivity index (χ3n) is 4.45. The summed E-state index contributed by atoms with van der Waals surface area (Å²) in [6.45, 7) is 6.55. The summed E-state index contributed by atoms with van der Waals surface area (Å²) in [5.74, 6) is 0. The molecule has 0 aromatic heterocycles. The summed E-state index contributed by atoms with van der Waals surface area (Å²) in [6, 6.07) is 12.6. The van der Waals surface area contributed by atoms with E-state index < -0.39 is 10.0 Å². The van der Waals surface area contributed by atoms with E-state index in [4.69, 9.17) is 11.6 Å². The van der Waals surface area contributed by atoms with Crippen molar-refractivity contribution in [3.63, 3.8) is 0 Å². The monoisotopic (exact) mass is 364 g/mol. The summed E-state index contributed by atoms with van der Waals surface area (Å²) in [5.41, 5.74) is 3.68. The summed E-state index contributed by atoms with van der Waals surface area (Å²) < 4.78 is 27.0. The van der Waals surface area contributed by atoms with Crippen molar-refractivity contribution in [2.75, 3.05) is 31.1 Å². The van der Waals surface area contributed by atoms with E-state index >= 15 is 0 Å². The molecule has 1 saturated heterocycles. The van der Waals surface area contributed by atoms with E-state index in [1.165, 1.54) is 16.8 Å². The van der Waals surface area contributed by atoms with Gasteiger partial charge >= 0.3 is 0 Å². The van der Waals surface area contributed by atoms with Crippen LogP contribution in [0.15, 0.2) is 47.4 Å². The SMILES string of the molecule is Cc1cccc(C)c1N1CCN(S(=O)(=O)c2ccc(Cl)cc2)CC1. The standard InChI is InChI=1S/C18H21ClN2O2S/c1-14-4-3-5-15(2)18(14)20-10-12-21(13-11-20)24(22,23)17-8-6-16(19)7-9-17/h3-9H,10-13H2,1-2H3. The Morgan fingerprint density at radius 1 is 0.875 bits per heavy atom. The van der Waals surface area contributed by atoms with Crippen LogP contribution in [0.1, 0.15) is 11.1 Å². The molecule has 128 valence electrons. The Bertz CT molecular complexity index is 806. The zero-order valence-corrected chi connectivity index (χ0v) is 15.4. The molecule has 24 heavy (non-hydrogen) atoms. The number of sulfonamides is 1. The van der Waals surface area contributed by atoms with Gasteiger partial charge in [-0.15, -0.1) is 0 Å². The average molecular weight is 365 g/mol. The molecule has 1 aliphatic rings. The number of aryl methyl sites for hydroxylation is 2. The molecule has 0 bridgehead atoms. The van der Waals surface area contributed by atoms with E-state index in [9.17, 15) is 8.42 Å². The first-order chi connectivity index (χ1) is 11.4. The highest BCUT2D eigenvalue weighted by Gasteiger charge is 2.29. The number of rotatable bonds is 3. The molecule has 0 spiro atoms. The predicted octanol–water partition coefficient (Wildman–Crippen LogP) is 3.47. The molecule has 1 aliphatic heterocycles. The van der Waals surface area contributed by atoms with Crippen LogP contribution in [0.3, 0.4) is 0 Å². The van der Waals surface area contributed by atoms with Gasteiger partial charge in [-0.3, -0.25) is 0 Å². The van der Waals surface area contributed by atoms with Crippen LogP contribution in [-0.4, -0.2) is 38.9 Å². The third kappa shape index (κ3) is 3.29. The average Bonchev–Trinajstić information content (AvgIpc) is 2.55. The second-order valence-electron chi connectivity index (χ2n) is 6.09. The third-order valence-corrected chi connectivity index (χ3v) is 6.61. The number of piperazine rings is 1. The number of benzene rings is 2. The summed E-state index contributed by atoms with van der Waals surface area (Å²) in [6.07, 6.45) is 0. The van der Waals surface area contributed by atoms with Gasteiger partial charge in [-0.1, -0.05) is 29.8 Å². The highest BCUT2D eigenvalue weighted by Crippen LogP contribution is 2.27. The molecular formula is C18H21ClN2O2S. The zero-order chi connectivity index (χ0) is 17.3. The zero-order valence-electron chi connectivity index (χ0n) is 13.9. The van der Waals surface area contributed by atoms with Crippen molar-refractivity contribution >= 4 is 27.3 Å². The maximum atomic E-state index is 12.7. The minimum atomic E-state index is -3.46. The first-order valence-corrected chi connectivity index (χ1v) is 9.78. The van der Waals surface area contributed by atoms with Crippen LogP contribution < -0.4 is 4.90 Å². The molecular weight excluding hydrogens is 344 g/mol. The Labute approximate surface area is 148 Å². The van der Waals surface area contributed by atoms with Gasteiger partial charge in [-0.2, -0.15) is 4.31 Å². The molecule has 1 heterocycles. The second-order valence-corrected chi connectivity index (χ2v) is 8.46. The lowest BCUT2D eigenvalue weighted by atomic mass is 10.1. The molecule has 0 atom stereocenters. The fourth-order valence-electron chi connectivity index (χ4n) is 3.21. The largest absolute Gasteiger partial charge is 0.368 e. The van der Waals surface area contributed by atoms with Crippen LogP contribution in [0.25, 0.3) is 0 Å². The van der Waals surface area contributed by atoms with Crippen molar-refractivity contribution in [2.24, 2.45) is 0 Å². The van der Waals surface area contributed by atoms with Crippen LogP contribution >= 0.6 is 11.6 Å². The first-order valence-electron chi connectivity index (χ1n) is 7.96. The number of para-hydroxylation sites is 1. The van der Waals surface area contributed by atoms with Gasteiger partial charge in [-0.25, -0.2) is 8.42 Å². The van der Waals surface area contributed by atoms with E-state index in [1.54, 1.807) is 28.6 Å². The fourth-order valence-corrected chi connectivity index (χ4v) is 4.76. The van der Waals surface area contributed by atoms with Crippen LogP contribution in [0.4, 0.5) is 5.69 Å². The Kier molecular flexibility index (Phi) is 4.85. The van der Waals surface area contributed by atoms with Gasteiger partial charge in [0.15, 0.2) is 0 Å². The molecule has 0 aliphatic carbocycles. The van der Waals surface area contributed by atoms with Crippen LogP contribution in [-0.2, 0) is 10.0 Å². The fraction of sp³-hybridized carbons (Fsp3) is 0.333. The number of hydrogen-bond acceptors (Lipinski definition) is 3. The molecule has 6 heteroatoms. The van der Waals surface area contributed by atoms with Crippen LogP contribution in [0, 0.1) is 13.8 Å². The molecule has 2 aromatic carbocycles. The molecule has 0 radical (unpaired) electrons. The van der Waals surface area contributed by atoms with Gasteiger partial charge in [0, 0.05) is 36.9 Å². The lowest BCUT2D eigenvalue weighted by Gasteiger charge is -2.36. The number of nitrogens with zero attached hydrogens (tertiary/aromatic N) is 2. The Hall–Kier alpha value is -1.56. The van der Waals surface area contributed by atoms with Gasteiger partial charge in [0.25, 0.3) is 0 Å². The predicted molar refractivity (Wildman–Crippen MR) is 98.3 cm³/mol. The minimum absolute atomic E-state index is 0.299. The van der Waals surface area contributed by atoms with Gasteiger partial charge in [0.2, 0.25) is 10.0 Å². The summed E-state index contributed by atoms with van der Waals surface area (Å²) in [7, 11) is -3.46. The molecule has 0 unspecified atom stereocenters. The smallest absolute Gasteiger partial charge is 0.243 e. The van der Waals surface area contributed by atoms with E-state index in [-0.39, 0.29) is 0 Å². The Morgan fingerprint density at radius 2 is 1.42 bits per heavy atom. The molecule has 0 N–H and O–H groups in total. The summed E-state index contributed by atoms with van der Waals surface area (Å²) >= 11 is 5.85. The van der Waals surface area contributed by atoms with Crippen LogP contribution in [0.5, 0.6) is 0 Å². The quantitative estimate of drug-likeness (QED) is 0.837. The van der Waals surface area contributed by atoms with Gasteiger partial charge in [-0.05, 0) is 49.2 Å². The minimum Gasteiger partial charge on any atom is -0.368 e. The highest BCUT2D eigenvalue weighted by molar-refractivity contribution is 7.89. The van der Waals surface area contributed by atoms with Crippen molar-refractivity contribution in [1.82, 2.24) is 4.31 Å². The molecule has 3 rings (SSSR count). The van der Waals surface area contributed by atoms with Gasteiger partial charge in [0.1, 0.15) is 0 Å². The maximum absolute atomic E-state index is 12.7. The van der Waals surface area contributed by atoms with Crippen molar-refractivity contribution < 1.29 is 8.42 Å². The van der Waals surface area contributed by atoms with Gasteiger partial charge < -0.3 is 4.90 Å². The van der Waals surface area contributed by atoms with Crippen molar-refractivity contribution in [2.45, 2.75) is 18.7 Å². The van der Waals surface area contributed by atoms with Crippen molar-refractivity contribution in [1.29, 1.82) is 0 Å². The normalized spacial score (nSPS) is 16.4. The molecule has 0 saturated carbocycles. The first kappa shape index (κ1) is 17.3. The lowest BCUT2D eigenvalue weighted by molar-refractivity contribution is 0.384. The van der Waals surface area contributed by atoms with Crippen LogP contribution in [0.2, 0.25) is 5.02 Å². The summed E-state index contributed by atoms with van der Waals surface area (Å²) in [4.78, 5) is 2.57. The molecule has 2 aromatic rings. The highest BCUT2D eigenvalue weighted by atomic mass is 35.5. The molecule has 1 fully saturated rings. The van der Waals surface area contributed by atoms with E-state index in [2.05, 4.69) is 36.9 Å². The Morgan fingerprint density at radius 3 is 1.96 bits per heavy atom. The van der Waals surface area contributed by atoms with Crippen molar-refractivity contribution in [3.05, 3.63) is 58.6 Å². The topological polar surface area (TPSA) is 40.6 Å². The lowest BCUT2D eigenvalue weighted by Crippen LogP contribution is -2.49. The van der Waals surface area contributed by atoms with Crippen molar-refractivity contribution in [3.8, 4) is 0 Å². The summed E-state index contributed by atoms with van der Waals surface area (Å²) in [5, 5.41) is 0.536. The number of halogens is 1. The maximum Gasteiger partial charge on any atom is 0.243 e. The molecule has 0 amide bonds. The Balaban J connectivity index is 1.76.